The van der Waals surface area contributed by atoms with E-state index in [9.17, 15) is 14.9 Å². The SMILES string of the molecule is C[C@H](Sc1ccc(Cl)cc1)C(=O)OCc1cc([N+](=O)[O-])cc2c1OCOC2. The van der Waals surface area contributed by atoms with Crippen LogP contribution in [0.15, 0.2) is 41.3 Å². The summed E-state index contributed by atoms with van der Waals surface area (Å²) in [5, 5.41) is 11.3. The molecular weight excluding hydrogens is 394 g/mol. The lowest BCUT2D eigenvalue weighted by Crippen LogP contribution is -2.18. The first kappa shape index (κ1) is 19.5. The van der Waals surface area contributed by atoms with Gasteiger partial charge in [-0.25, -0.2) is 0 Å². The summed E-state index contributed by atoms with van der Waals surface area (Å²) in [6, 6.07) is 9.89. The molecule has 0 bridgehead atoms. The highest BCUT2D eigenvalue weighted by molar-refractivity contribution is 8.00. The summed E-state index contributed by atoms with van der Waals surface area (Å²) in [7, 11) is 0. The van der Waals surface area contributed by atoms with E-state index in [1.807, 2.05) is 12.1 Å². The number of esters is 1. The third kappa shape index (κ3) is 4.91. The number of hydrogen-bond donors (Lipinski definition) is 0. The van der Waals surface area contributed by atoms with Crippen molar-refractivity contribution in [3.05, 3.63) is 62.7 Å². The fourth-order valence-corrected chi connectivity index (χ4v) is 3.52. The lowest BCUT2D eigenvalue weighted by molar-refractivity contribution is -0.385. The lowest BCUT2D eigenvalue weighted by atomic mass is 10.1. The molecule has 0 fully saturated rings. The second-order valence-corrected chi connectivity index (χ2v) is 7.63. The maximum absolute atomic E-state index is 12.3. The lowest BCUT2D eigenvalue weighted by Gasteiger charge is -2.20. The van der Waals surface area contributed by atoms with Crippen LogP contribution in [0, 0.1) is 10.1 Å². The Balaban J connectivity index is 1.68. The number of rotatable bonds is 6. The van der Waals surface area contributed by atoms with Crippen molar-refractivity contribution in [3.63, 3.8) is 0 Å². The number of halogens is 1. The fourth-order valence-electron chi connectivity index (χ4n) is 2.53. The zero-order valence-corrected chi connectivity index (χ0v) is 15.9. The summed E-state index contributed by atoms with van der Waals surface area (Å²) in [4.78, 5) is 23.8. The molecule has 2 aromatic rings. The molecule has 0 N–H and O–H groups in total. The summed E-state index contributed by atoms with van der Waals surface area (Å²) < 4.78 is 16.0. The van der Waals surface area contributed by atoms with Crippen LogP contribution in [0.2, 0.25) is 5.02 Å². The van der Waals surface area contributed by atoms with Crippen LogP contribution in [0.5, 0.6) is 5.75 Å². The number of ether oxygens (including phenoxy) is 3. The first-order chi connectivity index (χ1) is 12.9. The molecule has 7 nitrogen and oxygen atoms in total. The first-order valence-electron chi connectivity index (χ1n) is 8.03. The van der Waals surface area contributed by atoms with E-state index >= 15 is 0 Å². The number of nitro benzene ring substituents is 1. The van der Waals surface area contributed by atoms with E-state index in [-0.39, 0.29) is 25.7 Å². The summed E-state index contributed by atoms with van der Waals surface area (Å²) in [6.07, 6.45) is 0. The number of thioether (sulfide) groups is 1. The number of carbonyl (C=O) groups is 1. The Labute approximate surface area is 164 Å². The number of nitro groups is 1. The zero-order valence-electron chi connectivity index (χ0n) is 14.3. The van der Waals surface area contributed by atoms with Gasteiger partial charge in [0.05, 0.1) is 11.5 Å². The van der Waals surface area contributed by atoms with Crippen LogP contribution in [0.1, 0.15) is 18.1 Å². The number of hydrogen-bond acceptors (Lipinski definition) is 7. The number of nitrogens with zero attached hydrogens (tertiary/aromatic N) is 1. The molecule has 1 atom stereocenters. The van der Waals surface area contributed by atoms with Crippen molar-refractivity contribution in [1.29, 1.82) is 0 Å². The molecule has 0 saturated heterocycles. The molecule has 0 spiro atoms. The van der Waals surface area contributed by atoms with E-state index in [0.717, 1.165) is 4.90 Å². The number of carbonyl (C=O) groups excluding carboxylic acids is 1. The van der Waals surface area contributed by atoms with Gasteiger partial charge in [-0.3, -0.25) is 14.9 Å². The minimum atomic E-state index is -0.501. The van der Waals surface area contributed by atoms with Crippen LogP contribution in [0.25, 0.3) is 0 Å². The Hall–Kier alpha value is -2.29. The predicted molar refractivity (Wildman–Crippen MR) is 99.9 cm³/mol. The van der Waals surface area contributed by atoms with Gasteiger partial charge in [0.1, 0.15) is 17.6 Å². The van der Waals surface area contributed by atoms with E-state index < -0.39 is 16.1 Å². The molecule has 0 saturated carbocycles. The monoisotopic (exact) mass is 409 g/mol. The Morgan fingerprint density at radius 2 is 2.11 bits per heavy atom. The summed E-state index contributed by atoms with van der Waals surface area (Å²) in [5.74, 6) is 0.0416. The molecule has 0 aliphatic carbocycles. The maximum Gasteiger partial charge on any atom is 0.319 e. The van der Waals surface area contributed by atoms with Crippen LogP contribution >= 0.6 is 23.4 Å². The summed E-state index contributed by atoms with van der Waals surface area (Å²) in [6.45, 7) is 1.87. The molecule has 3 rings (SSSR count). The minimum Gasteiger partial charge on any atom is -0.467 e. The van der Waals surface area contributed by atoms with Gasteiger partial charge in [0.2, 0.25) is 0 Å². The molecule has 0 aromatic heterocycles. The normalized spacial score (nSPS) is 14.0. The third-order valence-corrected chi connectivity index (χ3v) is 5.15. The van der Waals surface area contributed by atoms with Crippen molar-refractivity contribution < 1.29 is 23.9 Å². The van der Waals surface area contributed by atoms with Gasteiger partial charge in [0.15, 0.2) is 6.79 Å². The van der Waals surface area contributed by atoms with Gasteiger partial charge >= 0.3 is 5.97 Å². The molecule has 9 heteroatoms. The van der Waals surface area contributed by atoms with Crippen molar-refractivity contribution in [2.45, 2.75) is 30.3 Å². The van der Waals surface area contributed by atoms with Crippen molar-refractivity contribution in [2.24, 2.45) is 0 Å². The van der Waals surface area contributed by atoms with Crippen LogP contribution in [-0.4, -0.2) is 22.9 Å². The van der Waals surface area contributed by atoms with Gasteiger partial charge < -0.3 is 14.2 Å². The quantitative estimate of drug-likeness (QED) is 0.303. The summed E-state index contributed by atoms with van der Waals surface area (Å²) in [5.41, 5.74) is 0.905. The van der Waals surface area contributed by atoms with E-state index in [1.165, 1.54) is 23.9 Å². The highest BCUT2D eigenvalue weighted by Gasteiger charge is 2.23. The highest BCUT2D eigenvalue weighted by atomic mass is 35.5. The van der Waals surface area contributed by atoms with Gasteiger partial charge in [0, 0.05) is 33.2 Å². The molecule has 0 radical (unpaired) electrons. The topological polar surface area (TPSA) is 87.9 Å². The zero-order chi connectivity index (χ0) is 19.4. The van der Waals surface area contributed by atoms with E-state index in [0.29, 0.717) is 21.9 Å². The summed E-state index contributed by atoms with van der Waals surface area (Å²) >= 11 is 7.19. The van der Waals surface area contributed by atoms with Gasteiger partial charge in [-0.15, -0.1) is 11.8 Å². The van der Waals surface area contributed by atoms with Crippen LogP contribution < -0.4 is 4.74 Å². The van der Waals surface area contributed by atoms with Crippen LogP contribution in [-0.2, 0) is 27.5 Å². The van der Waals surface area contributed by atoms with Crippen LogP contribution in [0.4, 0.5) is 5.69 Å². The van der Waals surface area contributed by atoms with Crippen LogP contribution in [0.3, 0.4) is 0 Å². The second-order valence-electron chi connectivity index (χ2n) is 5.78. The molecule has 1 aliphatic heterocycles. The molecule has 0 amide bonds. The average Bonchev–Trinajstić information content (AvgIpc) is 2.67. The number of non-ortho nitro benzene ring substituents is 1. The molecule has 1 aliphatic rings. The standard InChI is InChI=1S/C18H16ClNO6S/c1-11(27-16-4-2-14(19)3-5-16)18(21)25-9-13-7-15(20(22)23)6-12-8-24-10-26-17(12)13/h2-7,11H,8-10H2,1H3/t11-/m0/s1. The van der Waals surface area contributed by atoms with Gasteiger partial charge in [-0.1, -0.05) is 11.6 Å². The Kier molecular flexibility index (Phi) is 6.20. The highest BCUT2D eigenvalue weighted by Crippen LogP contribution is 2.33. The van der Waals surface area contributed by atoms with Crippen molar-refractivity contribution in [1.82, 2.24) is 0 Å². The largest absolute Gasteiger partial charge is 0.467 e. The molecule has 142 valence electrons. The second kappa shape index (κ2) is 8.60. The molecule has 27 heavy (non-hydrogen) atoms. The Morgan fingerprint density at radius 3 is 2.81 bits per heavy atom. The fraction of sp³-hybridized carbons (Fsp3) is 0.278. The Bertz CT molecular complexity index is 858. The number of fused-ring (bicyclic) bond motifs is 1. The first-order valence-corrected chi connectivity index (χ1v) is 9.29. The smallest absolute Gasteiger partial charge is 0.319 e. The number of benzene rings is 2. The van der Waals surface area contributed by atoms with Crippen molar-refractivity contribution in [3.8, 4) is 5.75 Å². The molecule has 1 heterocycles. The molecule has 2 aromatic carbocycles. The molecule has 0 unspecified atom stereocenters. The average molecular weight is 410 g/mol. The molecular formula is C18H16ClNO6S. The van der Waals surface area contributed by atoms with E-state index in [4.69, 9.17) is 25.8 Å². The Morgan fingerprint density at radius 1 is 1.37 bits per heavy atom. The van der Waals surface area contributed by atoms with Gasteiger partial charge in [-0.2, -0.15) is 0 Å². The maximum atomic E-state index is 12.3. The van der Waals surface area contributed by atoms with Gasteiger partial charge in [0.25, 0.3) is 5.69 Å². The van der Waals surface area contributed by atoms with E-state index in [1.54, 1.807) is 19.1 Å². The van der Waals surface area contributed by atoms with Crippen molar-refractivity contribution in [2.75, 3.05) is 6.79 Å². The van der Waals surface area contributed by atoms with E-state index in [2.05, 4.69) is 0 Å². The minimum absolute atomic E-state index is 0.0502. The van der Waals surface area contributed by atoms with Gasteiger partial charge in [-0.05, 0) is 31.2 Å². The van der Waals surface area contributed by atoms with Crippen molar-refractivity contribution >= 4 is 35.0 Å². The predicted octanol–water partition coefficient (Wildman–Crippen LogP) is 4.34. The third-order valence-electron chi connectivity index (χ3n) is 3.81.